The van der Waals surface area contributed by atoms with Gasteiger partial charge in [-0.15, -0.1) is 11.3 Å². The number of hydrogen-bond donors (Lipinski definition) is 3. The van der Waals surface area contributed by atoms with E-state index in [0.29, 0.717) is 11.4 Å². The molecule has 4 heteroatoms. The van der Waals surface area contributed by atoms with Crippen LogP contribution in [0, 0.1) is 0 Å². The van der Waals surface area contributed by atoms with Gasteiger partial charge in [-0.2, -0.15) is 0 Å². The quantitative estimate of drug-likeness (QED) is 0.727. The van der Waals surface area contributed by atoms with Crippen molar-refractivity contribution in [2.45, 2.75) is 19.9 Å². The highest BCUT2D eigenvalue weighted by Crippen LogP contribution is 2.22. The summed E-state index contributed by atoms with van der Waals surface area (Å²) >= 11 is 1.84. The van der Waals surface area contributed by atoms with Crippen LogP contribution in [-0.2, 0) is 13.0 Å². The van der Waals surface area contributed by atoms with E-state index in [0.717, 1.165) is 18.7 Å². The van der Waals surface area contributed by atoms with Gasteiger partial charge >= 0.3 is 0 Å². The molecule has 0 spiro atoms. The molecule has 0 fully saturated rings. The van der Waals surface area contributed by atoms with Gasteiger partial charge in [0.1, 0.15) is 0 Å². The van der Waals surface area contributed by atoms with E-state index in [1.165, 1.54) is 9.75 Å². The molecule has 0 aliphatic heterocycles. The number of nitrogens with one attached hydrogen (secondary N) is 1. The second-order valence-electron chi connectivity index (χ2n) is 3.92. The fourth-order valence-electron chi connectivity index (χ4n) is 1.58. The third-order valence-corrected chi connectivity index (χ3v) is 3.85. The van der Waals surface area contributed by atoms with Gasteiger partial charge in [-0.3, -0.25) is 0 Å². The van der Waals surface area contributed by atoms with Crippen LogP contribution in [0.1, 0.15) is 16.7 Å². The number of thiophene rings is 1. The van der Waals surface area contributed by atoms with Crippen LogP contribution < -0.4 is 16.8 Å². The summed E-state index contributed by atoms with van der Waals surface area (Å²) in [5.41, 5.74) is 13.7. The average molecular weight is 247 g/mol. The Morgan fingerprint density at radius 3 is 2.47 bits per heavy atom. The van der Waals surface area contributed by atoms with Crippen molar-refractivity contribution in [1.29, 1.82) is 0 Å². The molecule has 0 radical (unpaired) electrons. The average Bonchev–Trinajstić information content (AvgIpc) is 2.79. The molecular formula is C13H17N3S. The van der Waals surface area contributed by atoms with Crippen LogP contribution in [0.2, 0.25) is 0 Å². The molecule has 1 aromatic heterocycles. The van der Waals surface area contributed by atoms with Gasteiger partial charge in [-0.1, -0.05) is 6.92 Å². The first kappa shape index (κ1) is 11.8. The molecule has 0 saturated heterocycles. The van der Waals surface area contributed by atoms with Crippen LogP contribution in [0.5, 0.6) is 0 Å². The smallest absolute Gasteiger partial charge is 0.0568 e. The summed E-state index contributed by atoms with van der Waals surface area (Å²) in [6.07, 6.45) is 1.10. The first-order valence-corrected chi connectivity index (χ1v) is 6.47. The minimum atomic E-state index is 0.621. The van der Waals surface area contributed by atoms with Crippen molar-refractivity contribution < 1.29 is 0 Å². The summed E-state index contributed by atoms with van der Waals surface area (Å²) in [4.78, 5) is 2.75. The van der Waals surface area contributed by atoms with E-state index in [9.17, 15) is 0 Å². The summed E-state index contributed by atoms with van der Waals surface area (Å²) < 4.78 is 0. The predicted molar refractivity (Wildman–Crippen MR) is 76.3 cm³/mol. The minimum absolute atomic E-state index is 0.621. The van der Waals surface area contributed by atoms with E-state index in [2.05, 4.69) is 24.4 Å². The molecule has 3 nitrogen and oxygen atoms in total. The zero-order valence-corrected chi connectivity index (χ0v) is 10.7. The highest BCUT2D eigenvalue weighted by molar-refractivity contribution is 7.12. The van der Waals surface area contributed by atoms with Crippen LogP contribution in [0.4, 0.5) is 17.1 Å². The van der Waals surface area contributed by atoms with E-state index in [1.807, 2.05) is 29.5 Å². The Hall–Kier alpha value is -1.68. The van der Waals surface area contributed by atoms with Crippen LogP contribution in [0.15, 0.2) is 30.3 Å². The second kappa shape index (κ2) is 5.10. The van der Waals surface area contributed by atoms with Crippen molar-refractivity contribution in [3.05, 3.63) is 40.1 Å². The van der Waals surface area contributed by atoms with E-state index in [1.54, 1.807) is 0 Å². The summed E-state index contributed by atoms with van der Waals surface area (Å²) in [7, 11) is 0. The number of nitrogen functional groups attached to an aromatic ring is 2. The first-order chi connectivity index (χ1) is 8.19. The fourth-order valence-corrected chi connectivity index (χ4v) is 2.48. The zero-order valence-electron chi connectivity index (χ0n) is 9.86. The number of benzene rings is 1. The standard InChI is InChI=1S/C13H17N3S/c1-2-10-4-5-11(17-10)8-16-9-3-6-12(14)13(15)7-9/h3-7,16H,2,8,14-15H2,1H3. The lowest BCUT2D eigenvalue weighted by atomic mass is 10.2. The zero-order chi connectivity index (χ0) is 12.3. The van der Waals surface area contributed by atoms with Gasteiger partial charge in [0.15, 0.2) is 0 Å². The SMILES string of the molecule is CCc1ccc(CNc2ccc(N)c(N)c2)s1. The van der Waals surface area contributed by atoms with Crippen LogP contribution in [0.25, 0.3) is 0 Å². The Labute approximate surface area is 105 Å². The molecular weight excluding hydrogens is 230 g/mol. The fraction of sp³-hybridized carbons (Fsp3) is 0.231. The van der Waals surface area contributed by atoms with Crippen molar-refractivity contribution in [2.24, 2.45) is 0 Å². The number of aryl methyl sites for hydroxylation is 1. The maximum Gasteiger partial charge on any atom is 0.0568 e. The van der Waals surface area contributed by atoms with Crippen molar-refractivity contribution in [3.63, 3.8) is 0 Å². The summed E-state index contributed by atoms with van der Waals surface area (Å²) in [6, 6.07) is 9.98. The van der Waals surface area contributed by atoms with E-state index in [4.69, 9.17) is 11.5 Å². The first-order valence-electron chi connectivity index (χ1n) is 5.65. The highest BCUT2D eigenvalue weighted by atomic mass is 32.1. The molecule has 1 aromatic carbocycles. The molecule has 0 aliphatic rings. The van der Waals surface area contributed by atoms with Crippen molar-refractivity contribution >= 4 is 28.4 Å². The lowest BCUT2D eigenvalue weighted by Gasteiger charge is -2.07. The monoisotopic (exact) mass is 247 g/mol. The third-order valence-electron chi connectivity index (χ3n) is 2.62. The molecule has 0 unspecified atom stereocenters. The molecule has 0 amide bonds. The highest BCUT2D eigenvalue weighted by Gasteiger charge is 2.00. The molecule has 0 aliphatic carbocycles. The van der Waals surface area contributed by atoms with Crippen LogP contribution >= 0.6 is 11.3 Å². The van der Waals surface area contributed by atoms with Gasteiger partial charge in [0.05, 0.1) is 11.4 Å². The normalized spacial score (nSPS) is 10.4. The Morgan fingerprint density at radius 1 is 1.06 bits per heavy atom. The van der Waals surface area contributed by atoms with Gasteiger partial charge in [-0.25, -0.2) is 0 Å². The minimum Gasteiger partial charge on any atom is -0.397 e. The second-order valence-corrected chi connectivity index (χ2v) is 5.17. The Morgan fingerprint density at radius 2 is 1.82 bits per heavy atom. The van der Waals surface area contributed by atoms with Crippen LogP contribution in [0.3, 0.4) is 0 Å². The molecule has 90 valence electrons. The molecule has 0 atom stereocenters. The molecule has 1 heterocycles. The topological polar surface area (TPSA) is 64.1 Å². The number of nitrogens with two attached hydrogens (primary N) is 2. The van der Waals surface area contributed by atoms with Gasteiger partial charge in [0.2, 0.25) is 0 Å². The predicted octanol–water partition coefficient (Wildman–Crippen LogP) is 3.09. The lowest BCUT2D eigenvalue weighted by molar-refractivity contribution is 1.19. The van der Waals surface area contributed by atoms with Crippen LogP contribution in [-0.4, -0.2) is 0 Å². The van der Waals surface area contributed by atoms with Gasteiger partial charge in [-0.05, 0) is 36.8 Å². The molecule has 17 heavy (non-hydrogen) atoms. The molecule has 0 bridgehead atoms. The van der Waals surface area contributed by atoms with E-state index >= 15 is 0 Å². The lowest BCUT2D eigenvalue weighted by Crippen LogP contribution is -2.00. The summed E-state index contributed by atoms with van der Waals surface area (Å²) in [5, 5.41) is 3.34. The van der Waals surface area contributed by atoms with E-state index in [-0.39, 0.29) is 0 Å². The van der Waals surface area contributed by atoms with Gasteiger partial charge in [0.25, 0.3) is 0 Å². The molecule has 2 rings (SSSR count). The van der Waals surface area contributed by atoms with E-state index < -0.39 is 0 Å². The Balaban J connectivity index is 1.99. The number of rotatable bonds is 4. The van der Waals surface area contributed by atoms with Gasteiger partial charge in [0, 0.05) is 22.0 Å². The molecule has 5 N–H and O–H groups in total. The van der Waals surface area contributed by atoms with Gasteiger partial charge < -0.3 is 16.8 Å². The molecule has 0 saturated carbocycles. The molecule has 2 aromatic rings. The van der Waals surface area contributed by atoms with Crippen molar-refractivity contribution in [2.75, 3.05) is 16.8 Å². The van der Waals surface area contributed by atoms with Crippen molar-refractivity contribution in [3.8, 4) is 0 Å². The maximum atomic E-state index is 5.75. The summed E-state index contributed by atoms with van der Waals surface area (Å²) in [5.74, 6) is 0. The Kier molecular flexibility index (Phi) is 3.54. The maximum absolute atomic E-state index is 5.75. The van der Waals surface area contributed by atoms with Crippen molar-refractivity contribution in [1.82, 2.24) is 0 Å². The third kappa shape index (κ3) is 2.91. The summed E-state index contributed by atoms with van der Waals surface area (Å²) in [6.45, 7) is 3.00. The Bertz CT molecular complexity index is 505. The number of anilines is 3. The largest absolute Gasteiger partial charge is 0.397 e. The number of hydrogen-bond acceptors (Lipinski definition) is 4.